The number of nitrogens with one attached hydrogen (secondary N) is 3. The SMILES string of the molecule is CN=C(NCc1nc(-c2ccco2)n[nH]1)NC(C)CCC(C)C.I. The van der Waals surface area contributed by atoms with Gasteiger partial charge in [-0.3, -0.25) is 10.1 Å². The summed E-state index contributed by atoms with van der Waals surface area (Å²) in [5.41, 5.74) is 0. The van der Waals surface area contributed by atoms with Gasteiger partial charge in [-0.1, -0.05) is 13.8 Å². The molecule has 0 radical (unpaired) electrons. The molecular weight excluding hydrogens is 419 g/mol. The molecule has 24 heavy (non-hydrogen) atoms. The summed E-state index contributed by atoms with van der Waals surface area (Å²) in [6.07, 6.45) is 3.91. The molecule has 8 heteroatoms. The molecule has 0 aliphatic carbocycles. The van der Waals surface area contributed by atoms with Crippen LogP contribution < -0.4 is 10.6 Å². The lowest BCUT2D eigenvalue weighted by atomic mass is 10.0. The summed E-state index contributed by atoms with van der Waals surface area (Å²) in [4.78, 5) is 8.63. The number of nitrogens with zero attached hydrogens (tertiary/aromatic N) is 3. The van der Waals surface area contributed by atoms with E-state index in [0.717, 1.165) is 18.2 Å². The van der Waals surface area contributed by atoms with Gasteiger partial charge in [0.05, 0.1) is 12.8 Å². The van der Waals surface area contributed by atoms with Crippen LogP contribution in [0.4, 0.5) is 0 Å². The van der Waals surface area contributed by atoms with E-state index in [2.05, 4.69) is 51.6 Å². The molecule has 0 aromatic carbocycles. The van der Waals surface area contributed by atoms with Crippen LogP contribution >= 0.6 is 24.0 Å². The third-order valence-corrected chi connectivity index (χ3v) is 3.48. The van der Waals surface area contributed by atoms with Gasteiger partial charge in [-0.05, 0) is 37.8 Å². The molecule has 2 aromatic rings. The first kappa shape index (κ1) is 20.5. The van der Waals surface area contributed by atoms with E-state index in [4.69, 9.17) is 4.42 Å². The topological polar surface area (TPSA) is 91.1 Å². The second kappa shape index (κ2) is 10.3. The number of guanidine groups is 1. The van der Waals surface area contributed by atoms with Crippen molar-refractivity contribution in [2.45, 2.75) is 46.2 Å². The summed E-state index contributed by atoms with van der Waals surface area (Å²) in [5, 5.41) is 13.7. The number of aromatic nitrogens is 3. The van der Waals surface area contributed by atoms with Crippen molar-refractivity contribution in [3.8, 4) is 11.6 Å². The van der Waals surface area contributed by atoms with Crippen LogP contribution in [-0.4, -0.2) is 34.2 Å². The Morgan fingerprint density at radius 2 is 2.12 bits per heavy atom. The number of furan rings is 1. The summed E-state index contributed by atoms with van der Waals surface area (Å²) < 4.78 is 5.28. The van der Waals surface area contributed by atoms with Crippen LogP contribution in [0, 0.1) is 5.92 Å². The molecule has 0 aliphatic heterocycles. The van der Waals surface area contributed by atoms with Gasteiger partial charge in [0.15, 0.2) is 11.7 Å². The zero-order valence-electron chi connectivity index (χ0n) is 14.7. The summed E-state index contributed by atoms with van der Waals surface area (Å²) in [5.74, 6) is 3.41. The Labute approximate surface area is 160 Å². The zero-order chi connectivity index (χ0) is 16.7. The van der Waals surface area contributed by atoms with E-state index in [1.54, 1.807) is 13.3 Å². The maximum atomic E-state index is 5.28. The quantitative estimate of drug-likeness (QED) is 0.345. The third kappa shape index (κ3) is 6.50. The van der Waals surface area contributed by atoms with Gasteiger partial charge in [-0.25, -0.2) is 4.98 Å². The molecule has 0 fully saturated rings. The molecule has 2 aromatic heterocycles. The monoisotopic (exact) mass is 446 g/mol. The van der Waals surface area contributed by atoms with E-state index < -0.39 is 0 Å². The smallest absolute Gasteiger partial charge is 0.216 e. The average molecular weight is 446 g/mol. The number of aromatic amines is 1. The molecule has 134 valence electrons. The fourth-order valence-corrected chi connectivity index (χ4v) is 2.14. The molecule has 0 spiro atoms. The Bertz CT molecular complexity index is 608. The van der Waals surface area contributed by atoms with Crippen LogP contribution in [0.25, 0.3) is 11.6 Å². The van der Waals surface area contributed by atoms with E-state index >= 15 is 0 Å². The second-order valence-corrected chi connectivity index (χ2v) is 6.03. The minimum Gasteiger partial charge on any atom is -0.461 e. The Balaban J connectivity index is 0.00000288. The van der Waals surface area contributed by atoms with E-state index in [9.17, 15) is 0 Å². The zero-order valence-corrected chi connectivity index (χ0v) is 17.0. The van der Waals surface area contributed by atoms with E-state index in [-0.39, 0.29) is 24.0 Å². The van der Waals surface area contributed by atoms with Crippen molar-refractivity contribution in [3.05, 3.63) is 24.2 Å². The van der Waals surface area contributed by atoms with Gasteiger partial charge in [0.1, 0.15) is 5.82 Å². The maximum Gasteiger partial charge on any atom is 0.216 e. The highest BCUT2D eigenvalue weighted by atomic mass is 127. The molecular formula is C16H27IN6O. The molecule has 0 amide bonds. The molecule has 7 nitrogen and oxygen atoms in total. The van der Waals surface area contributed by atoms with Crippen LogP contribution in [0.2, 0.25) is 0 Å². The van der Waals surface area contributed by atoms with Crippen molar-refractivity contribution in [3.63, 3.8) is 0 Å². The van der Waals surface area contributed by atoms with Gasteiger partial charge >= 0.3 is 0 Å². The highest BCUT2D eigenvalue weighted by molar-refractivity contribution is 14.0. The third-order valence-electron chi connectivity index (χ3n) is 3.48. The Morgan fingerprint density at radius 1 is 1.33 bits per heavy atom. The van der Waals surface area contributed by atoms with Crippen LogP contribution in [0.3, 0.4) is 0 Å². The molecule has 2 heterocycles. The number of hydrogen-bond donors (Lipinski definition) is 3. The van der Waals surface area contributed by atoms with Crippen LogP contribution in [-0.2, 0) is 6.54 Å². The number of H-pyrrole nitrogens is 1. The van der Waals surface area contributed by atoms with Crippen molar-refractivity contribution in [1.82, 2.24) is 25.8 Å². The normalized spacial score (nSPS) is 12.8. The largest absolute Gasteiger partial charge is 0.461 e. The summed E-state index contributed by atoms with van der Waals surface area (Å²) in [6, 6.07) is 4.02. The predicted molar refractivity (Wildman–Crippen MR) is 106 cm³/mol. The number of hydrogen-bond acceptors (Lipinski definition) is 4. The predicted octanol–water partition coefficient (Wildman–Crippen LogP) is 3.17. The molecule has 1 unspecified atom stereocenters. The van der Waals surface area contributed by atoms with E-state index in [1.165, 1.54) is 6.42 Å². The molecule has 1 atom stereocenters. The van der Waals surface area contributed by atoms with Gasteiger partial charge < -0.3 is 15.1 Å². The average Bonchev–Trinajstić information content (AvgIpc) is 3.19. The summed E-state index contributed by atoms with van der Waals surface area (Å²) in [6.45, 7) is 7.16. The second-order valence-electron chi connectivity index (χ2n) is 6.03. The molecule has 0 bridgehead atoms. The van der Waals surface area contributed by atoms with Crippen molar-refractivity contribution in [1.29, 1.82) is 0 Å². The van der Waals surface area contributed by atoms with Crippen LogP contribution in [0.1, 0.15) is 39.4 Å². The van der Waals surface area contributed by atoms with Crippen molar-refractivity contribution in [2.75, 3.05) is 7.05 Å². The van der Waals surface area contributed by atoms with E-state index in [1.807, 2.05) is 12.1 Å². The maximum absolute atomic E-state index is 5.28. The number of halogens is 1. The van der Waals surface area contributed by atoms with Crippen molar-refractivity contribution < 1.29 is 4.42 Å². The Morgan fingerprint density at radius 3 is 2.75 bits per heavy atom. The molecule has 0 saturated carbocycles. The highest BCUT2D eigenvalue weighted by Crippen LogP contribution is 2.14. The first-order chi connectivity index (χ1) is 11.1. The lowest BCUT2D eigenvalue weighted by Crippen LogP contribution is -2.42. The number of rotatable bonds is 7. The van der Waals surface area contributed by atoms with Crippen LogP contribution in [0.15, 0.2) is 27.8 Å². The van der Waals surface area contributed by atoms with Gasteiger partial charge in [-0.15, -0.1) is 29.1 Å². The van der Waals surface area contributed by atoms with E-state index in [0.29, 0.717) is 30.1 Å². The van der Waals surface area contributed by atoms with Gasteiger partial charge in [0, 0.05) is 13.1 Å². The van der Waals surface area contributed by atoms with Gasteiger partial charge in [0.2, 0.25) is 5.82 Å². The van der Waals surface area contributed by atoms with Crippen molar-refractivity contribution in [2.24, 2.45) is 10.9 Å². The summed E-state index contributed by atoms with van der Waals surface area (Å²) >= 11 is 0. The fraction of sp³-hybridized carbons (Fsp3) is 0.562. The summed E-state index contributed by atoms with van der Waals surface area (Å²) in [7, 11) is 1.76. The minimum absolute atomic E-state index is 0. The first-order valence-corrected chi connectivity index (χ1v) is 8.00. The molecule has 3 N–H and O–H groups in total. The first-order valence-electron chi connectivity index (χ1n) is 8.00. The van der Waals surface area contributed by atoms with Crippen LogP contribution in [0.5, 0.6) is 0 Å². The van der Waals surface area contributed by atoms with Crippen molar-refractivity contribution >= 4 is 29.9 Å². The highest BCUT2D eigenvalue weighted by Gasteiger charge is 2.10. The van der Waals surface area contributed by atoms with Gasteiger partial charge in [-0.2, -0.15) is 0 Å². The number of aliphatic imine (C=N–C) groups is 1. The lowest BCUT2D eigenvalue weighted by Gasteiger charge is -2.18. The molecule has 0 aliphatic rings. The van der Waals surface area contributed by atoms with Gasteiger partial charge in [0.25, 0.3) is 0 Å². The minimum atomic E-state index is 0. The Kier molecular flexibility index (Phi) is 8.80. The molecule has 0 saturated heterocycles. The standard InChI is InChI=1S/C16H26N6O.HI/c1-11(2)7-8-12(3)19-16(17-4)18-10-14-20-15(22-21-14)13-6-5-9-23-13;/h5-6,9,11-12H,7-8,10H2,1-4H3,(H2,17,18,19)(H,20,21,22);1H. The fourth-order valence-electron chi connectivity index (χ4n) is 2.14. The lowest BCUT2D eigenvalue weighted by molar-refractivity contribution is 0.489. The Hall–Kier alpha value is -1.58. The molecule has 2 rings (SSSR count).